The second-order valence-corrected chi connectivity index (χ2v) is 4.50. The van der Waals surface area contributed by atoms with Gasteiger partial charge in [0.25, 0.3) is 0 Å². The third-order valence-corrected chi connectivity index (χ3v) is 3.10. The van der Waals surface area contributed by atoms with Crippen molar-refractivity contribution in [2.75, 3.05) is 0 Å². The van der Waals surface area contributed by atoms with Crippen molar-refractivity contribution in [2.45, 2.75) is 6.42 Å². The molecule has 3 rings (SSSR count). The third-order valence-electron chi connectivity index (χ3n) is 2.79. The second kappa shape index (κ2) is 4.42. The number of aromatic nitrogens is 2. The van der Waals surface area contributed by atoms with Gasteiger partial charge < -0.3 is 0 Å². The zero-order valence-electron chi connectivity index (χ0n) is 9.48. The van der Waals surface area contributed by atoms with Gasteiger partial charge >= 0.3 is 0 Å². The van der Waals surface area contributed by atoms with Gasteiger partial charge in [0.05, 0.1) is 5.69 Å². The van der Waals surface area contributed by atoms with Gasteiger partial charge in [-0.1, -0.05) is 29.8 Å². The van der Waals surface area contributed by atoms with E-state index in [4.69, 9.17) is 11.6 Å². The molecule has 0 atom stereocenters. The molecule has 2 heterocycles. The summed E-state index contributed by atoms with van der Waals surface area (Å²) in [6.07, 6.45) is 2.57. The first-order valence-corrected chi connectivity index (χ1v) is 5.97. The molecule has 0 fully saturated rings. The number of fused-ring (bicyclic) bond motifs is 1. The van der Waals surface area contributed by atoms with Gasteiger partial charge in [-0.3, -0.25) is 4.40 Å². The van der Waals surface area contributed by atoms with Gasteiger partial charge in [0, 0.05) is 12.6 Å². The van der Waals surface area contributed by atoms with E-state index in [0.29, 0.717) is 11.6 Å². The zero-order valence-corrected chi connectivity index (χ0v) is 10.2. The second-order valence-electron chi connectivity index (χ2n) is 4.11. The maximum Gasteiger partial charge on any atom is 0.138 e. The molecule has 0 aliphatic heterocycles. The van der Waals surface area contributed by atoms with Crippen LogP contribution < -0.4 is 0 Å². The van der Waals surface area contributed by atoms with Crippen LogP contribution in [0.1, 0.15) is 11.3 Å². The predicted octanol–water partition coefficient (Wildman–Crippen LogP) is 3.72. The Bertz CT molecular complexity index is 689. The van der Waals surface area contributed by atoms with Crippen LogP contribution in [-0.4, -0.2) is 9.38 Å². The lowest BCUT2D eigenvalue weighted by molar-refractivity contribution is 0.627. The Morgan fingerprint density at radius 1 is 1.11 bits per heavy atom. The van der Waals surface area contributed by atoms with Crippen molar-refractivity contribution < 1.29 is 4.39 Å². The van der Waals surface area contributed by atoms with Crippen molar-refractivity contribution in [1.82, 2.24) is 9.38 Å². The fourth-order valence-corrected chi connectivity index (χ4v) is 2.13. The summed E-state index contributed by atoms with van der Waals surface area (Å²) in [6.45, 7) is 0. The molecule has 0 radical (unpaired) electrons. The van der Waals surface area contributed by atoms with Crippen LogP contribution in [0, 0.1) is 5.82 Å². The van der Waals surface area contributed by atoms with Crippen molar-refractivity contribution in [3.05, 3.63) is 70.9 Å². The highest BCUT2D eigenvalue weighted by Gasteiger charge is 2.04. The SMILES string of the molecule is Fc1ccc(Cc2cn3c(Cl)cccc3n2)cc1. The van der Waals surface area contributed by atoms with Crippen LogP contribution in [0.3, 0.4) is 0 Å². The van der Waals surface area contributed by atoms with Crippen molar-refractivity contribution in [2.24, 2.45) is 0 Å². The predicted molar refractivity (Wildman–Crippen MR) is 69.4 cm³/mol. The largest absolute Gasteiger partial charge is 0.290 e. The van der Waals surface area contributed by atoms with Gasteiger partial charge in [-0.05, 0) is 29.8 Å². The standard InChI is InChI=1S/C14H10ClFN2/c15-13-2-1-3-14-17-12(9-18(13)14)8-10-4-6-11(16)7-5-10/h1-7,9H,8H2. The Morgan fingerprint density at radius 2 is 1.89 bits per heavy atom. The molecule has 1 aromatic carbocycles. The first-order chi connectivity index (χ1) is 8.72. The fraction of sp³-hybridized carbons (Fsp3) is 0.0714. The van der Waals surface area contributed by atoms with E-state index in [-0.39, 0.29) is 5.82 Å². The number of benzene rings is 1. The maximum atomic E-state index is 12.8. The summed E-state index contributed by atoms with van der Waals surface area (Å²) in [5.41, 5.74) is 2.75. The lowest BCUT2D eigenvalue weighted by Gasteiger charge is -1.97. The zero-order chi connectivity index (χ0) is 12.5. The molecule has 0 bridgehead atoms. The molecule has 0 saturated carbocycles. The topological polar surface area (TPSA) is 17.3 Å². The van der Waals surface area contributed by atoms with Crippen LogP contribution in [0.4, 0.5) is 4.39 Å². The summed E-state index contributed by atoms with van der Waals surface area (Å²) in [5, 5.41) is 0.630. The number of rotatable bonds is 2. The Balaban J connectivity index is 1.95. The van der Waals surface area contributed by atoms with Crippen LogP contribution in [0.2, 0.25) is 5.15 Å². The fourth-order valence-electron chi connectivity index (χ4n) is 1.92. The van der Waals surface area contributed by atoms with E-state index in [9.17, 15) is 4.39 Å². The molecule has 0 aliphatic rings. The first-order valence-electron chi connectivity index (χ1n) is 5.59. The normalized spacial score (nSPS) is 11.0. The quantitative estimate of drug-likeness (QED) is 0.642. The molecular weight excluding hydrogens is 251 g/mol. The van der Waals surface area contributed by atoms with Crippen LogP contribution in [0.25, 0.3) is 5.65 Å². The van der Waals surface area contributed by atoms with E-state index in [1.807, 2.05) is 28.8 Å². The molecule has 90 valence electrons. The minimum atomic E-state index is -0.225. The molecule has 4 heteroatoms. The first kappa shape index (κ1) is 11.2. The molecule has 0 spiro atoms. The number of hydrogen-bond donors (Lipinski definition) is 0. The average molecular weight is 261 g/mol. The highest BCUT2D eigenvalue weighted by molar-refractivity contribution is 6.29. The van der Waals surface area contributed by atoms with E-state index < -0.39 is 0 Å². The molecule has 0 saturated heterocycles. The summed E-state index contributed by atoms with van der Waals surface area (Å²) >= 11 is 6.07. The number of imidazole rings is 1. The summed E-state index contributed by atoms with van der Waals surface area (Å²) < 4.78 is 14.6. The molecule has 3 aromatic rings. The lowest BCUT2D eigenvalue weighted by atomic mass is 10.1. The van der Waals surface area contributed by atoms with E-state index in [1.54, 1.807) is 12.1 Å². The van der Waals surface area contributed by atoms with Crippen LogP contribution in [0.15, 0.2) is 48.7 Å². The Kier molecular flexibility index (Phi) is 2.76. The van der Waals surface area contributed by atoms with Gasteiger partial charge in [-0.25, -0.2) is 9.37 Å². The summed E-state index contributed by atoms with van der Waals surface area (Å²) in [6, 6.07) is 12.0. The summed E-state index contributed by atoms with van der Waals surface area (Å²) in [7, 11) is 0. The Labute approximate surface area is 109 Å². The van der Waals surface area contributed by atoms with Crippen LogP contribution in [-0.2, 0) is 6.42 Å². The van der Waals surface area contributed by atoms with Gasteiger partial charge in [-0.2, -0.15) is 0 Å². The molecule has 18 heavy (non-hydrogen) atoms. The van der Waals surface area contributed by atoms with Crippen LogP contribution >= 0.6 is 11.6 Å². The highest BCUT2D eigenvalue weighted by Crippen LogP contribution is 2.15. The van der Waals surface area contributed by atoms with Gasteiger partial charge in [0.1, 0.15) is 16.6 Å². The number of halogens is 2. The Morgan fingerprint density at radius 3 is 2.61 bits per heavy atom. The number of pyridine rings is 1. The van der Waals surface area contributed by atoms with Crippen molar-refractivity contribution >= 4 is 17.2 Å². The smallest absolute Gasteiger partial charge is 0.138 e. The summed E-state index contributed by atoms with van der Waals surface area (Å²) in [4.78, 5) is 4.48. The van der Waals surface area contributed by atoms with Gasteiger partial charge in [0.15, 0.2) is 0 Å². The maximum absolute atomic E-state index is 12.8. The lowest BCUT2D eigenvalue weighted by Crippen LogP contribution is -1.88. The van der Waals surface area contributed by atoms with E-state index in [2.05, 4.69) is 4.98 Å². The van der Waals surface area contributed by atoms with Gasteiger partial charge in [0.2, 0.25) is 0 Å². The molecule has 0 amide bonds. The molecule has 0 N–H and O–H groups in total. The highest BCUT2D eigenvalue weighted by atomic mass is 35.5. The third kappa shape index (κ3) is 2.09. The van der Waals surface area contributed by atoms with Crippen LogP contribution in [0.5, 0.6) is 0 Å². The molecule has 0 unspecified atom stereocenters. The molecule has 2 aromatic heterocycles. The minimum absolute atomic E-state index is 0.225. The summed E-state index contributed by atoms with van der Waals surface area (Å²) in [5.74, 6) is -0.225. The van der Waals surface area contributed by atoms with Gasteiger partial charge in [-0.15, -0.1) is 0 Å². The number of nitrogens with zero attached hydrogens (tertiary/aromatic N) is 2. The Hall–Kier alpha value is -1.87. The van der Waals surface area contributed by atoms with Crippen molar-refractivity contribution in [3.63, 3.8) is 0 Å². The average Bonchev–Trinajstić information content (AvgIpc) is 2.76. The van der Waals surface area contributed by atoms with E-state index in [1.165, 1.54) is 12.1 Å². The van der Waals surface area contributed by atoms with Crippen molar-refractivity contribution in [3.8, 4) is 0 Å². The minimum Gasteiger partial charge on any atom is -0.290 e. The molecule has 0 aliphatic carbocycles. The molecule has 2 nitrogen and oxygen atoms in total. The monoisotopic (exact) mass is 260 g/mol. The number of hydrogen-bond acceptors (Lipinski definition) is 1. The van der Waals surface area contributed by atoms with E-state index >= 15 is 0 Å². The molecular formula is C14H10ClFN2. The van der Waals surface area contributed by atoms with E-state index in [0.717, 1.165) is 16.9 Å². The van der Waals surface area contributed by atoms with Crippen molar-refractivity contribution in [1.29, 1.82) is 0 Å².